The number of hydrogen-bond donors (Lipinski definition) is 1. The van der Waals surface area contributed by atoms with Gasteiger partial charge in [0.2, 0.25) is 0 Å². The van der Waals surface area contributed by atoms with Crippen LogP contribution in [-0.4, -0.2) is 16.3 Å². The molecule has 1 aromatic heterocycles. The predicted octanol–water partition coefficient (Wildman–Crippen LogP) is 1.60. The van der Waals surface area contributed by atoms with Gasteiger partial charge in [-0.15, -0.1) is 0 Å². The first-order valence-corrected chi connectivity index (χ1v) is 5.04. The highest BCUT2D eigenvalue weighted by Crippen LogP contribution is 2.21. The van der Waals surface area contributed by atoms with Crippen molar-refractivity contribution in [3.05, 3.63) is 29.7 Å². The summed E-state index contributed by atoms with van der Waals surface area (Å²) >= 11 is 0. The maximum atomic E-state index is 13.5. The summed E-state index contributed by atoms with van der Waals surface area (Å²) in [5.74, 6) is -0.221. The van der Waals surface area contributed by atoms with E-state index in [4.69, 9.17) is 5.73 Å². The lowest BCUT2D eigenvalue weighted by Crippen LogP contribution is -2.01. The first kappa shape index (κ1) is 10.1. The molecule has 0 amide bonds. The first-order valence-electron chi connectivity index (χ1n) is 5.04. The quantitative estimate of drug-likeness (QED) is 0.830. The van der Waals surface area contributed by atoms with Crippen molar-refractivity contribution in [3.63, 3.8) is 0 Å². The molecule has 0 atom stereocenters. The topological polar surface area (TPSA) is 43.8 Å². The smallest absolute Gasteiger partial charge is 0.149 e. The van der Waals surface area contributed by atoms with Gasteiger partial charge in [-0.1, -0.05) is 12.1 Å². The zero-order chi connectivity index (χ0) is 10.8. The van der Waals surface area contributed by atoms with Crippen LogP contribution in [0.3, 0.4) is 0 Å². The maximum absolute atomic E-state index is 13.5. The van der Waals surface area contributed by atoms with Gasteiger partial charge in [0, 0.05) is 12.4 Å². The Kier molecular flexibility index (Phi) is 2.68. The Labute approximate surface area is 87.7 Å². The molecule has 0 saturated carbocycles. The van der Waals surface area contributed by atoms with Crippen LogP contribution < -0.4 is 5.73 Å². The third-order valence-corrected chi connectivity index (χ3v) is 2.51. The zero-order valence-electron chi connectivity index (χ0n) is 8.70. The van der Waals surface area contributed by atoms with Crippen LogP contribution in [0.15, 0.2) is 18.2 Å². The Morgan fingerprint density at radius 2 is 2.27 bits per heavy atom. The summed E-state index contributed by atoms with van der Waals surface area (Å²) < 4.78 is 15.1. The highest BCUT2D eigenvalue weighted by Gasteiger charge is 2.10. The van der Waals surface area contributed by atoms with E-state index < -0.39 is 0 Å². The van der Waals surface area contributed by atoms with Gasteiger partial charge in [-0.2, -0.15) is 5.10 Å². The minimum absolute atomic E-state index is 0.221. The number of nitrogens with two attached hydrogens (primary N) is 1. The van der Waals surface area contributed by atoms with Gasteiger partial charge < -0.3 is 5.73 Å². The van der Waals surface area contributed by atoms with Crippen LogP contribution in [0.1, 0.15) is 12.1 Å². The molecule has 0 unspecified atom stereocenters. The molecule has 0 spiro atoms. The van der Waals surface area contributed by atoms with E-state index >= 15 is 0 Å². The number of benzene rings is 1. The summed E-state index contributed by atoms with van der Waals surface area (Å²) in [6.07, 6.45) is 1.68. The van der Waals surface area contributed by atoms with E-state index in [0.717, 1.165) is 23.9 Å². The molecule has 0 aliphatic rings. The molecule has 0 radical (unpaired) electrons. The number of fused-ring (bicyclic) bond motifs is 1. The SMILES string of the molecule is Cn1nc(CCCN)c2cccc(F)c21. The van der Waals surface area contributed by atoms with E-state index in [1.54, 1.807) is 17.8 Å². The van der Waals surface area contributed by atoms with Gasteiger partial charge in [-0.3, -0.25) is 4.68 Å². The van der Waals surface area contributed by atoms with Crippen molar-refractivity contribution in [3.8, 4) is 0 Å². The number of rotatable bonds is 3. The van der Waals surface area contributed by atoms with E-state index in [1.807, 2.05) is 6.07 Å². The molecule has 3 nitrogen and oxygen atoms in total. The lowest BCUT2D eigenvalue weighted by molar-refractivity contribution is 0.624. The Morgan fingerprint density at radius 3 is 3.00 bits per heavy atom. The van der Waals surface area contributed by atoms with Crippen LogP contribution in [-0.2, 0) is 13.5 Å². The fourth-order valence-electron chi connectivity index (χ4n) is 1.82. The van der Waals surface area contributed by atoms with Crippen molar-refractivity contribution >= 4 is 10.9 Å². The monoisotopic (exact) mass is 207 g/mol. The zero-order valence-corrected chi connectivity index (χ0v) is 8.70. The number of para-hydroxylation sites is 1. The number of halogens is 1. The predicted molar refractivity (Wildman–Crippen MR) is 58.0 cm³/mol. The van der Waals surface area contributed by atoms with Gasteiger partial charge in [0.25, 0.3) is 0 Å². The van der Waals surface area contributed by atoms with Gasteiger partial charge in [-0.05, 0) is 25.5 Å². The third kappa shape index (κ3) is 1.72. The fraction of sp³-hybridized carbons (Fsp3) is 0.364. The average molecular weight is 207 g/mol. The number of nitrogens with zero attached hydrogens (tertiary/aromatic N) is 2. The second-order valence-corrected chi connectivity index (χ2v) is 3.60. The third-order valence-electron chi connectivity index (χ3n) is 2.51. The summed E-state index contributed by atoms with van der Waals surface area (Å²) in [6, 6.07) is 5.07. The highest BCUT2D eigenvalue weighted by molar-refractivity contribution is 5.82. The molecule has 0 bridgehead atoms. The molecule has 2 rings (SSSR count). The van der Waals surface area contributed by atoms with Gasteiger partial charge in [-0.25, -0.2) is 4.39 Å². The van der Waals surface area contributed by atoms with E-state index in [1.165, 1.54) is 6.07 Å². The Bertz CT molecular complexity index is 476. The minimum Gasteiger partial charge on any atom is -0.330 e. The van der Waals surface area contributed by atoms with Crippen molar-refractivity contribution in [2.75, 3.05) is 6.54 Å². The second kappa shape index (κ2) is 3.98. The lowest BCUT2D eigenvalue weighted by atomic mass is 10.1. The maximum Gasteiger partial charge on any atom is 0.149 e. The van der Waals surface area contributed by atoms with Crippen LogP contribution in [0.4, 0.5) is 4.39 Å². The van der Waals surface area contributed by atoms with Gasteiger partial charge in [0.1, 0.15) is 11.3 Å². The van der Waals surface area contributed by atoms with Gasteiger partial charge >= 0.3 is 0 Å². The molecular formula is C11H14FN3. The van der Waals surface area contributed by atoms with Gasteiger partial charge in [0.15, 0.2) is 0 Å². The number of hydrogen-bond acceptors (Lipinski definition) is 2. The first-order chi connectivity index (χ1) is 7.24. The summed E-state index contributed by atoms with van der Waals surface area (Å²) in [7, 11) is 1.76. The summed E-state index contributed by atoms with van der Waals surface area (Å²) in [5, 5.41) is 5.20. The molecule has 0 aliphatic heterocycles. The Hall–Kier alpha value is -1.42. The van der Waals surface area contributed by atoms with Crippen LogP contribution >= 0.6 is 0 Å². The molecule has 0 saturated heterocycles. The van der Waals surface area contributed by atoms with Crippen LogP contribution in [0.25, 0.3) is 10.9 Å². The molecule has 80 valence electrons. The summed E-state index contributed by atoms with van der Waals surface area (Å²) in [6.45, 7) is 0.632. The van der Waals surface area contributed by atoms with Crippen molar-refractivity contribution in [2.24, 2.45) is 12.8 Å². The van der Waals surface area contributed by atoms with E-state index in [2.05, 4.69) is 5.10 Å². The molecule has 0 fully saturated rings. The Morgan fingerprint density at radius 1 is 1.47 bits per heavy atom. The molecule has 1 aromatic carbocycles. The highest BCUT2D eigenvalue weighted by atomic mass is 19.1. The summed E-state index contributed by atoms with van der Waals surface area (Å²) in [5.41, 5.74) is 6.95. The molecule has 2 N–H and O–H groups in total. The van der Waals surface area contributed by atoms with Crippen LogP contribution in [0.5, 0.6) is 0 Å². The summed E-state index contributed by atoms with van der Waals surface area (Å²) in [4.78, 5) is 0. The number of aromatic nitrogens is 2. The van der Waals surface area contributed by atoms with Crippen LogP contribution in [0.2, 0.25) is 0 Å². The van der Waals surface area contributed by atoms with Crippen molar-refractivity contribution in [1.82, 2.24) is 9.78 Å². The lowest BCUT2D eigenvalue weighted by Gasteiger charge is -1.95. The Balaban J connectivity index is 2.53. The molecule has 15 heavy (non-hydrogen) atoms. The molecular weight excluding hydrogens is 193 g/mol. The molecule has 1 heterocycles. The number of aryl methyl sites for hydroxylation is 2. The molecule has 2 aromatic rings. The van der Waals surface area contributed by atoms with Crippen molar-refractivity contribution in [1.29, 1.82) is 0 Å². The second-order valence-electron chi connectivity index (χ2n) is 3.60. The largest absolute Gasteiger partial charge is 0.330 e. The standard InChI is InChI=1S/C11H14FN3/c1-15-11-8(4-2-5-9(11)12)10(14-15)6-3-7-13/h2,4-5H,3,6-7,13H2,1H3. The molecule has 0 aliphatic carbocycles. The normalized spacial score (nSPS) is 11.1. The van der Waals surface area contributed by atoms with E-state index in [0.29, 0.717) is 12.1 Å². The fourth-order valence-corrected chi connectivity index (χ4v) is 1.82. The van der Waals surface area contributed by atoms with Crippen molar-refractivity contribution < 1.29 is 4.39 Å². The van der Waals surface area contributed by atoms with E-state index in [-0.39, 0.29) is 5.82 Å². The van der Waals surface area contributed by atoms with Crippen molar-refractivity contribution in [2.45, 2.75) is 12.8 Å². The van der Waals surface area contributed by atoms with Gasteiger partial charge in [0.05, 0.1) is 5.69 Å². The average Bonchev–Trinajstić information content (AvgIpc) is 2.54. The van der Waals surface area contributed by atoms with E-state index in [9.17, 15) is 4.39 Å². The minimum atomic E-state index is -0.221. The molecule has 4 heteroatoms. The van der Waals surface area contributed by atoms with Crippen LogP contribution in [0, 0.1) is 5.82 Å².